The van der Waals surface area contributed by atoms with Gasteiger partial charge in [0.2, 0.25) is 0 Å². The highest BCUT2D eigenvalue weighted by atomic mass is 16.6. The first kappa shape index (κ1) is 17.5. The molecule has 0 bridgehead atoms. The van der Waals surface area contributed by atoms with Gasteiger partial charge < -0.3 is 9.31 Å². The van der Waals surface area contributed by atoms with Gasteiger partial charge in [-0.1, -0.05) is 92.7 Å². The third kappa shape index (κ3) is 2.92. The van der Waals surface area contributed by atoms with Crippen LogP contribution in [0.25, 0.3) is 32.7 Å². The molecule has 1 fully saturated rings. The average Bonchev–Trinajstić information content (AvgIpc) is 2.73. The Bertz CT molecular complexity index is 1080. The van der Waals surface area contributed by atoms with E-state index >= 15 is 0 Å². The van der Waals surface area contributed by atoms with Crippen molar-refractivity contribution in [2.75, 3.05) is 13.2 Å². The first-order chi connectivity index (χ1) is 13.6. The summed E-state index contributed by atoms with van der Waals surface area (Å²) in [5, 5.41) is 4.87. The SMILES string of the molecule is CC1(C)COB(c2c3ccccc3c(-c3ccccc3)c3ccccc23)OC1. The molecule has 138 valence electrons. The molecule has 0 aliphatic carbocycles. The number of benzene rings is 4. The third-order valence-corrected chi connectivity index (χ3v) is 5.52. The lowest BCUT2D eigenvalue weighted by Crippen LogP contribution is -2.48. The van der Waals surface area contributed by atoms with Crippen molar-refractivity contribution < 1.29 is 9.31 Å². The molecular weight excluding hydrogens is 343 g/mol. The van der Waals surface area contributed by atoms with E-state index in [4.69, 9.17) is 9.31 Å². The maximum absolute atomic E-state index is 6.22. The van der Waals surface area contributed by atoms with Gasteiger partial charge in [0.15, 0.2) is 0 Å². The molecule has 0 unspecified atom stereocenters. The van der Waals surface area contributed by atoms with Crippen molar-refractivity contribution in [3.8, 4) is 11.1 Å². The second kappa shape index (κ2) is 6.77. The summed E-state index contributed by atoms with van der Waals surface area (Å²) in [6.07, 6.45) is 0. The van der Waals surface area contributed by atoms with E-state index in [1.54, 1.807) is 0 Å². The first-order valence-corrected chi connectivity index (χ1v) is 9.86. The minimum atomic E-state index is -0.340. The van der Waals surface area contributed by atoms with Crippen LogP contribution in [0.15, 0.2) is 78.9 Å². The zero-order valence-electron chi connectivity index (χ0n) is 16.3. The van der Waals surface area contributed by atoms with Gasteiger partial charge in [-0.2, -0.15) is 0 Å². The molecule has 0 spiro atoms. The molecule has 0 radical (unpaired) electrons. The van der Waals surface area contributed by atoms with Crippen molar-refractivity contribution in [3.05, 3.63) is 78.9 Å². The standard InChI is InChI=1S/C25H23BO2/c1-25(2)16-27-26(28-17-25)24-21-14-8-6-12-19(21)23(18-10-4-3-5-11-18)20-13-7-9-15-22(20)24/h3-15H,16-17H2,1-2H3. The van der Waals surface area contributed by atoms with Gasteiger partial charge in [0.05, 0.1) is 0 Å². The molecule has 0 saturated carbocycles. The van der Waals surface area contributed by atoms with Gasteiger partial charge in [0.1, 0.15) is 0 Å². The lowest BCUT2D eigenvalue weighted by molar-refractivity contribution is 0.0345. The van der Waals surface area contributed by atoms with E-state index in [-0.39, 0.29) is 12.5 Å². The third-order valence-electron chi connectivity index (χ3n) is 5.52. The number of fused-ring (bicyclic) bond motifs is 2. The van der Waals surface area contributed by atoms with Crippen LogP contribution in [0.1, 0.15) is 13.8 Å². The molecule has 4 aromatic carbocycles. The number of hydrogen-bond acceptors (Lipinski definition) is 2. The van der Waals surface area contributed by atoms with Crippen LogP contribution in [0, 0.1) is 5.41 Å². The maximum atomic E-state index is 6.22. The Morgan fingerprint density at radius 3 is 1.64 bits per heavy atom. The minimum absolute atomic E-state index is 0.0477. The fourth-order valence-electron chi connectivity index (χ4n) is 4.19. The highest BCUT2D eigenvalue weighted by molar-refractivity contribution is 6.68. The predicted molar refractivity (Wildman–Crippen MR) is 118 cm³/mol. The Morgan fingerprint density at radius 1 is 0.643 bits per heavy atom. The molecule has 2 nitrogen and oxygen atoms in total. The summed E-state index contributed by atoms with van der Waals surface area (Å²) in [4.78, 5) is 0. The maximum Gasteiger partial charge on any atom is 0.495 e. The average molecular weight is 366 g/mol. The van der Waals surface area contributed by atoms with Crippen molar-refractivity contribution in [2.45, 2.75) is 13.8 Å². The van der Waals surface area contributed by atoms with Crippen LogP contribution in [0.4, 0.5) is 0 Å². The summed E-state index contributed by atoms with van der Waals surface area (Å²) in [7, 11) is -0.340. The summed E-state index contributed by atoms with van der Waals surface area (Å²) in [5.74, 6) is 0. The highest BCUT2D eigenvalue weighted by Crippen LogP contribution is 2.36. The van der Waals surface area contributed by atoms with Gasteiger partial charge in [0, 0.05) is 18.6 Å². The van der Waals surface area contributed by atoms with Crippen molar-refractivity contribution >= 4 is 34.1 Å². The van der Waals surface area contributed by atoms with Crippen LogP contribution in [0.5, 0.6) is 0 Å². The molecule has 1 aliphatic rings. The van der Waals surface area contributed by atoms with Crippen LogP contribution >= 0.6 is 0 Å². The van der Waals surface area contributed by atoms with E-state index in [2.05, 4.69) is 92.7 Å². The van der Waals surface area contributed by atoms with Crippen molar-refractivity contribution in [1.82, 2.24) is 0 Å². The molecule has 0 atom stereocenters. The van der Waals surface area contributed by atoms with E-state index in [9.17, 15) is 0 Å². The fraction of sp³-hybridized carbons (Fsp3) is 0.200. The van der Waals surface area contributed by atoms with E-state index in [0.29, 0.717) is 13.2 Å². The molecule has 1 heterocycles. The summed E-state index contributed by atoms with van der Waals surface area (Å²) in [6, 6.07) is 27.8. The van der Waals surface area contributed by atoms with Crippen molar-refractivity contribution in [2.24, 2.45) is 5.41 Å². The Morgan fingerprint density at radius 2 is 1.11 bits per heavy atom. The van der Waals surface area contributed by atoms with Gasteiger partial charge in [-0.25, -0.2) is 0 Å². The Kier molecular flexibility index (Phi) is 4.23. The largest absolute Gasteiger partial charge is 0.495 e. The topological polar surface area (TPSA) is 18.5 Å². The van der Waals surface area contributed by atoms with Gasteiger partial charge in [0.25, 0.3) is 0 Å². The van der Waals surface area contributed by atoms with E-state index in [1.165, 1.54) is 32.7 Å². The fourth-order valence-corrected chi connectivity index (χ4v) is 4.19. The lowest BCUT2D eigenvalue weighted by atomic mass is 9.70. The van der Waals surface area contributed by atoms with E-state index in [1.807, 2.05) is 0 Å². The highest BCUT2D eigenvalue weighted by Gasteiger charge is 2.36. The van der Waals surface area contributed by atoms with E-state index < -0.39 is 0 Å². The van der Waals surface area contributed by atoms with E-state index in [0.717, 1.165) is 5.46 Å². The van der Waals surface area contributed by atoms with Crippen LogP contribution in [0.2, 0.25) is 0 Å². The molecule has 3 heteroatoms. The second-order valence-electron chi connectivity index (χ2n) is 8.36. The van der Waals surface area contributed by atoms with Gasteiger partial charge >= 0.3 is 7.12 Å². The van der Waals surface area contributed by atoms with Crippen LogP contribution in [0.3, 0.4) is 0 Å². The Labute approximate surface area is 166 Å². The molecule has 0 N–H and O–H groups in total. The van der Waals surface area contributed by atoms with Gasteiger partial charge in [-0.15, -0.1) is 0 Å². The van der Waals surface area contributed by atoms with Crippen LogP contribution in [-0.4, -0.2) is 20.3 Å². The Hall–Kier alpha value is -2.62. The van der Waals surface area contributed by atoms with Gasteiger partial charge in [-0.05, 0) is 38.1 Å². The van der Waals surface area contributed by atoms with Crippen molar-refractivity contribution in [3.63, 3.8) is 0 Å². The number of rotatable bonds is 2. The summed E-state index contributed by atoms with van der Waals surface area (Å²) >= 11 is 0. The summed E-state index contributed by atoms with van der Waals surface area (Å²) < 4.78 is 12.4. The molecule has 0 amide bonds. The summed E-state index contributed by atoms with van der Waals surface area (Å²) in [6.45, 7) is 5.75. The quantitative estimate of drug-likeness (QED) is 0.348. The molecule has 5 rings (SSSR count). The minimum Gasteiger partial charge on any atom is -0.407 e. The lowest BCUT2D eigenvalue weighted by Gasteiger charge is -2.34. The van der Waals surface area contributed by atoms with Crippen LogP contribution in [-0.2, 0) is 9.31 Å². The van der Waals surface area contributed by atoms with Crippen molar-refractivity contribution in [1.29, 1.82) is 0 Å². The molecule has 1 aliphatic heterocycles. The molecule has 4 aromatic rings. The zero-order valence-corrected chi connectivity index (χ0v) is 16.3. The summed E-state index contributed by atoms with van der Waals surface area (Å²) in [5.41, 5.74) is 3.69. The monoisotopic (exact) mass is 366 g/mol. The van der Waals surface area contributed by atoms with Crippen LogP contribution < -0.4 is 5.46 Å². The smallest absolute Gasteiger partial charge is 0.407 e. The molecular formula is C25H23BO2. The first-order valence-electron chi connectivity index (χ1n) is 9.86. The number of hydrogen-bond donors (Lipinski definition) is 0. The predicted octanol–water partition coefficient (Wildman–Crippen LogP) is 5.43. The molecule has 0 aromatic heterocycles. The van der Waals surface area contributed by atoms with Gasteiger partial charge in [-0.3, -0.25) is 0 Å². The Balaban J connectivity index is 1.82. The second-order valence-corrected chi connectivity index (χ2v) is 8.36. The molecule has 1 saturated heterocycles. The zero-order chi connectivity index (χ0) is 19.1. The molecule has 28 heavy (non-hydrogen) atoms. The normalized spacial score (nSPS) is 16.6.